The van der Waals surface area contributed by atoms with E-state index in [1.165, 1.54) is 6.92 Å². The average Bonchev–Trinajstić information content (AvgIpc) is 2.38. The number of hydrogen-bond donors (Lipinski definition) is 1. The number of sulfonamides is 1. The van der Waals surface area contributed by atoms with Crippen LogP contribution in [0.2, 0.25) is 0 Å². The fourth-order valence-electron chi connectivity index (χ4n) is 1.47. The first-order chi connectivity index (χ1) is 8.94. The Hall–Kier alpha value is -1.47. The SMILES string of the molecule is CCS(=O)(=O)NCCN(Cc1ccccn1)C(C)=O. The molecular weight excluding hydrogens is 266 g/mol. The van der Waals surface area contributed by atoms with Gasteiger partial charge < -0.3 is 4.90 Å². The minimum absolute atomic E-state index is 0.0350. The fraction of sp³-hybridized carbons (Fsp3) is 0.500. The van der Waals surface area contributed by atoms with Gasteiger partial charge in [-0.15, -0.1) is 0 Å². The second-order valence-electron chi connectivity index (χ2n) is 4.06. The summed E-state index contributed by atoms with van der Waals surface area (Å²) in [5.41, 5.74) is 0.774. The van der Waals surface area contributed by atoms with Crippen LogP contribution in [0.25, 0.3) is 0 Å². The molecule has 19 heavy (non-hydrogen) atoms. The lowest BCUT2D eigenvalue weighted by atomic mass is 10.3. The van der Waals surface area contributed by atoms with Crippen molar-refractivity contribution in [3.8, 4) is 0 Å². The third-order valence-corrected chi connectivity index (χ3v) is 4.01. The van der Waals surface area contributed by atoms with E-state index in [1.807, 2.05) is 12.1 Å². The molecule has 1 aromatic heterocycles. The lowest BCUT2D eigenvalue weighted by Crippen LogP contribution is -2.37. The highest BCUT2D eigenvalue weighted by molar-refractivity contribution is 7.89. The first-order valence-corrected chi connectivity index (χ1v) is 7.72. The topological polar surface area (TPSA) is 79.4 Å². The Balaban J connectivity index is 2.53. The Morgan fingerprint density at radius 1 is 1.42 bits per heavy atom. The Morgan fingerprint density at radius 3 is 2.68 bits per heavy atom. The molecule has 0 aliphatic rings. The van der Waals surface area contributed by atoms with Crippen LogP contribution in [0.1, 0.15) is 19.5 Å². The van der Waals surface area contributed by atoms with E-state index in [9.17, 15) is 13.2 Å². The van der Waals surface area contributed by atoms with Crippen molar-refractivity contribution in [3.05, 3.63) is 30.1 Å². The van der Waals surface area contributed by atoms with Crippen molar-refractivity contribution in [2.24, 2.45) is 0 Å². The highest BCUT2D eigenvalue weighted by atomic mass is 32.2. The normalized spacial score (nSPS) is 11.3. The van der Waals surface area contributed by atoms with E-state index < -0.39 is 10.0 Å². The smallest absolute Gasteiger partial charge is 0.219 e. The first-order valence-electron chi connectivity index (χ1n) is 6.07. The van der Waals surface area contributed by atoms with E-state index in [1.54, 1.807) is 24.1 Å². The van der Waals surface area contributed by atoms with Gasteiger partial charge in [0.15, 0.2) is 0 Å². The summed E-state index contributed by atoms with van der Waals surface area (Å²) in [6.07, 6.45) is 1.66. The number of carbonyl (C=O) groups excluding carboxylic acids is 1. The predicted octanol–water partition coefficient (Wildman–Crippen LogP) is 0.369. The van der Waals surface area contributed by atoms with Crippen molar-refractivity contribution in [3.63, 3.8) is 0 Å². The second kappa shape index (κ2) is 7.20. The zero-order valence-corrected chi connectivity index (χ0v) is 12.0. The van der Waals surface area contributed by atoms with E-state index >= 15 is 0 Å². The van der Waals surface area contributed by atoms with Gasteiger partial charge in [-0.05, 0) is 19.1 Å². The monoisotopic (exact) mass is 285 g/mol. The molecule has 0 bridgehead atoms. The van der Waals surface area contributed by atoms with E-state index in [0.717, 1.165) is 5.69 Å². The third-order valence-electron chi connectivity index (χ3n) is 2.61. The maximum absolute atomic E-state index is 11.5. The quantitative estimate of drug-likeness (QED) is 0.785. The molecule has 1 heterocycles. The van der Waals surface area contributed by atoms with Gasteiger partial charge in [0.1, 0.15) is 0 Å². The Bertz CT molecular complexity index is 502. The number of carbonyl (C=O) groups is 1. The molecule has 0 aliphatic heterocycles. The zero-order valence-electron chi connectivity index (χ0n) is 11.2. The highest BCUT2D eigenvalue weighted by Crippen LogP contribution is 2.01. The van der Waals surface area contributed by atoms with Crippen LogP contribution in [-0.4, -0.2) is 43.1 Å². The molecule has 6 nitrogen and oxygen atoms in total. The lowest BCUT2D eigenvalue weighted by molar-refractivity contribution is -0.129. The molecule has 0 aromatic carbocycles. The molecule has 0 radical (unpaired) electrons. The van der Waals surface area contributed by atoms with Crippen LogP contribution in [0.5, 0.6) is 0 Å². The number of nitrogens with zero attached hydrogens (tertiary/aromatic N) is 2. The van der Waals surface area contributed by atoms with Crippen molar-refractivity contribution in [2.75, 3.05) is 18.8 Å². The van der Waals surface area contributed by atoms with Gasteiger partial charge >= 0.3 is 0 Å². The number of hydrogen-bond acceptors (Lipinski definition) is 4. The van der Waals surface area contributed by atoms with Crippen LogP contribution in [0.3, 0.4) is 0 Å². The summed E-state index contributed by atoms with van der Waals surface area (Å²) in [5, 5.41) is 0. The van der Waals surface area contributed by atoms with Gasteiger partial charge in [-0.25, -0.2) is 13.1 Å². The maximum atomic E-state index is 11.5. The van der Waals surface area contributed by atoms with Gasteiger partial charge in [0.05, 0.1) is 18.0 Å². The van der Waals surface area contributed by atoms with Crippen molar-refractivity contribution in [1.82, 2.24) is 14.6 Å². The molecule has 0 spiro atoms. The predicted molar refractivity (Wildman–Crippen MR) is 72.8 cm³/mol. The largest absolute Gasteiger partial charge is 0.336 e. The molecule has 1 rings (SSSR count). The molecule has 0 saturated carbocycles. The van der Waals surface area contributed by atoms with Gasteiger partial charge in [-0.1, -0.05) is 6.07 Å². The average molecular weight is 285 g/mol. The molecule has 0 saturated heterocycles. The standard InChI is InChI=1S/C12H19N3O3S/c1-3-19(17,18)14-8-9-15(11(2)16)10-12-6-4-5-7-13-12/h4-7,14H,3,8-10H2,1-2H3. The van der Waals surface area contributed by atoms with Crippen molar-refractivity contribution in [1.29, 1.82) is 0 Å². The molecule has 1 amide bonds. The van der Waals surface area contributed by atoms with Crippen LogP contribution < -0.4 is 4.72 Å². The second-order valence-corrected chi connectivity index (χ2v) is 6.15. The molecule has 7 heteroatoms. The highest BCUT2D eigenvalue weighted by Gasteiger charge is 2.12. The summed E-state index contributed by atoms with van der Waals surface area (Å²) in [4.78, 5) is 17.2. The van der Waals surface area contributed by atoms with E-state index in [2.05, 4.69) is 9.71 Å². The van der Waals surface area contributed by atoms with Crippen molar-refractivity contribution in [2.45, 2.75) is 20.4 Å². The van der Waals surface area contributed by atoms with Crippen molar-refractivity contribution < 1.29 is 13.2 Å². The van der Waals surface area contributed by atoms with Gasteiger partial charge in [0.25, 0.3) is 0 Å². The summed E-state index contributed by atoms with van der Waals surface area (Å²) in [6.45, 7) is 3.94. The lowest BCUT2D eigenvalue weighted by Gasteiger charge is -2.20. The number of aromatic nitrogens is 1. The van der Waals surface area contributed by atoms with Crippen LogP contribution in [0, 0.1) is 0 Å². The van der Waals surface area contributed by atoms with Gasteiger partial charge in [0, 0.05) is 26.2 Å². The molecule has 1 N–H and O–H groups in total. The van der Waals surface area contributed by atoms with E-state index in [4.69, 9.17) is 0 Å². The minimum Gasteiger partial charge on any atom is -0.336 e. The Kier molecular flexibility index (Phi) is 5.91. The van der Waals surface area contributed by atoms with Crippen molar-refractivity contribution >= 4 is 15.9 Å². The Labute approximate surface area is 113 Å². The third kappa shape index (κ3) is 5.80. The summed E-state index contributed by atoms with van der Waals surface area (Å²) in [7, 11) is -3.22. The summed E-state index contributed by atoms with van der Waals surface area (Å²) < 4.78 is 25.0. The van der Waals surface area contributed by atoms with E-state index in [0.29, 0.717) is 13.1 Å². The fourth-order valence-corrected chi connectivity index (χ4v) is 2.08. The van der Waals surface area contributed by atoms with Gasteiger partial charge in [-0.3, -0.25) is 9.78 Å². The molecule has 106 valence electrons. The molecule has 0 unspecified atom stereocenters. The van der Waals surface area contributed by atoms with Crippen LogP contribution in [-0.2, 0) is 21.4 Å². The Morgan fingerprint density at radius 2 is 2.16 bits per heavy atom. The summed E-state index contributed by atoms with van der Waals surface area (Å²) >= 11 is 0. The van der Waals surface area contributed by atoms with Crippen LogP contribution in [0.4, 0.5) is 0 Å². The van der Waals surface area contributed by atoms with Crippen LogP contribution in [0.15, 0.2) is 24.4 Å². The number of pyridine rings is 1. The number of amides is 1. The minimum atomic E-state index is -3.22. The maximum Gasteiger partial charge on any atom is 0.219 e. The van der Waals surface area contributed by atoms with Crippen LogP contribution >= 0.6 is 0 Å². The molecule has 0 aliphatic carbocycles. The van der Waals surface area contributed by atoms with Gasteiger partial charge in [-0.2, -0.15) is 0 Å². The number of rotatable bonds is 7. The van der Waals surface area contributed by atoms with E-state index in [-0.39, 0.29) is 18.2 Å². The zero-order chi connectivity index (χ0) is 14.3. The molecule has 1 aromatic rings. The first kappa shape index (κ1) is 15.6. The summed E-state index contributed by atoms with van der Waals surface area (Å²) in [5.74, 6) is -0.0748. The molecule has 0 fully saturated rings. The number of nitrogens with one attached hydrogen (secondary N) is 1. The molecular formula is C12H19N3O3S. The summed E-state index contributed by atoms with van der Waals surface area (Å²) in [6, 6.07) is 5.48. The van der Waals surface area contributed by atoms with Gasteiger partial charge in [0.2, 0.25) is 15.9 Å². The molecule has 0 atom stereocenters.